The van der Waals surface area contributed by atoms with Crippen LogP contribution in [-0.2, 0) is 4.79 Å². The second-order valence-corrected chi connectivity index (χ2v) is 6.68. The standard InChI is InChI=1S/C18H22N2O4/c21-17(14-2-1-3-15-16(14)24-11-10-23-15)19-13-6-8-20(9-7-13)18(22)12-4-5-12/h1-3,12-13H,4-11H2,(H,19,21). The smallest absolute Gasteiger partial charge is 0.255 e. The van der Waals surface area contributed by atoms with Gasteiger partial charge in [-0.2, -0.15) is 0 Å². The van der Waals surface area contributed by atoms with Gasteiger partial charge in [0.15, 0.2) is 11.5 Å². The number of benzene rings is 1. The number of carbonyl (C=O) groups excluding carboxylic acids is 2. The molecule has 3 aliphatic rings. The first-order valence-electron chi connectivity index (χ1n) is 8.70. The van der Waals surface area contributed by atoms with Gasteiger partial charge in [-0.15, -0.1) is 0 Å². The first-order chi connectivity index (χ1) is 11.7. The quantitative estimate of drug-likeness (QED) is 0.914. The van der Waals surface area contributed by atoms with Crippen molar-refractivity contribution in [3.8, 4) is 11.5 Å². The second-order valence-electron chi connectivity index (χ2n) is 6.68. The highest BCUT2D eigenvalue weighted by Gasteiger charge is 2.35. The van der Waals surface area contributed by atoms with Crippen molar-refractivity contribution in [1.29, 1.82) is 0 Å². The van der Waals surface area contributed by atoms with Crippen molar-refractivity contribution in [2.24, 2.45) is 5.92 Å². The molecule has 1 aromatic carbocycles. The van der Waals surface area contributed by atoms with Crippen LogP contribution in [-0.4, -0.2) is 49.1 Å². The summed E-state index contributed by atoms with van der Waals surface area (Å²) >= 11 is 0. The summed E-state index contributed by atoms with van der Waals surface area (Å²) in [6, 6.07) is 5.47. The van der Waals surface area contributed by atoms with Crippen molar-refractivity contribution in [3.63, 3.8) is 0 Å². The molecule has 1 aromatic rings. The zero-order chi connectivity index (χ0) is 16.5. The van der Waals surface area contributed by atoms with Crippen LogP contribution in [0.2, 0.25) is 0 Å². The number of nitrogens with one attached hydrogen (secondary N) is 1. The fraction of sp³-hybridized carbons (Fsp3) is 0.556. The van der Waals surface area contributed by atoms with Crippen LogP contribution in [0, 0.1) is 5.92 Å². The predicted octanol–water partition coefficient (Wildman–Crippen LogP) is 1.59. The molecule has 1 N–H and O–H groups in total. The van der Waals surface area contributed by atoms with E-state index in [2.05, 4.69) is 5.32 Å². The number of amides is 2. The van der Waals surface area contributed by atoms with Crippen LogP contribution in [0.3, 0.4) is 0 Å². The number of fused-ring (bicyclic) bond motifs is 1. The van der Waals surface area contributed by atoms with Gasteiger partial charge in [-0.1, -0.05) is 6.07 Å². The maximum absolute atomic E-state index is 12.6. The first-order valence-corrected chi connectivity index (χ1v) is 8.70. The van der Waals surface area contributed by atoms with Crippen LogP contribution in [0.5, 0.6) is 11.5 Å². The van der Waals surface area contributed by atoms with Gasteiger partial charge in [-0.05, 0) is 37.8 Å². The molecule has 2 aliphatic heterocycles. The second kappa shape index (κ2) is 6.34. The van der Waals surface area contributed by atoms with Gasteiger partial charge in [-0.25, -0.2) is 0 Å². The number of hydrogen-bond acceptors (Lipinski definition) is 4. The summed E-state index contributed by atoms with van der Waals surface area (Å²) in [4.78, 5) is 26.6. The molecule has 6 nitrogen and oxygen atoms in total. The summed E-state index contributed by atoms with van der Waals surface area (Å²) in [6.45, 7) is 2.42. The summed E-state index contributed by atoms with van der Waals surface area (Å²) in [5, 5.41) is 3.08. The van der Waals surface area contributed by atoms with Crippen LogP contribution in [0.1, 0.15) is 36.0 Å². The zero-order valence-electron chi connectivity index (χ0n) is 13.6. The van der Waals surface area contributed by atoms with Crippen LogP contribution in [0.25, 0.3) is 0 Å². The monoisotopic (exact) mass is 330 g/mol. The minimum absolute atomic E-state index is 0.0983. The fourth-order valence-electron chi connectivity index (χ4n) is 3.35. The Morgan fingerprint density at radius 2 is 1.79 bits per heavy atom. The number of nitrogens with zero attached hydrogens (tertiary/aromatic N) is 1. The summed E-state index contributed by atoms with van der Waals surface area (Å²) < 4.78 is 11.1. The molecule has 1 aliphatic carbocycles. The van der Waals surface area contributed by atoms with E-state index in [1.807, 2.05) is 11.0 Å². The van der Waals surface area contributed by atoms with Crippen molar-refractivity contribution in [1.82, 2.24) is 10.2 Å². The van der Waals surface area contributed by atoms with E-state index < -0.39 is 0 Å². The molecule has 0 radical (unpaired) electrons. The number of ether oxygens (including phenoxy) is 2. The summed E-state index contributed by atoms with van der Waals surface area (Å²) in [6.07, 6.45) is 3.68. The number of hydrogen-bond donors (Lipinski definition) is 1. The summed E-state index contributed by atoms with van der Waals surface area (Å²) in [5.41, 5.74) is 0.517. The number of likely N-dealkylation sites (tertiary alicyclic amines) is 1. The van der Waals surface area contributed by atoms with E-state index in [4.69, 9.17) is 9.47 Å². The SMILES string of the molecule is O=C(NC1CCN(C(=O)C2CC2)CC1)c1cccc2c1OCCO2. The average Bonchev–Trinajstić information content (AvgIpc) is 3.46. The molecule has 24 heavy (non-hydrogen) atoms. The van der Waals surface area contributed by atoms with Gasteiger partial charge in [-0.3, -0.25) is 9.59 Å². The molecule has 2 heterocycles. The molecule has 0 bridgehead atoms. The number of para-hydroxylation sites is 1. The third kappa shape index (κ3) is 3.05. The van der Waals surface area contributed by atoms with E-state index in [1.54, 1.807) is 12.1 Å². The molecule has 0 atom stereocenters. The van der Waals surface area contributed by atoms with Crippen molar-refractivity contribution in [2.75, 3.05) is 26.3 Å². The Hall–Kier alpha value is -2.24. The third-order valence-corrected chi connectivity index (χ3v) is 4.88. The molecular weight excluding hydrogens is 308 g/mol. The maximum Gasteiger partial charge on any atom is 0.255 e. The molecule has 1 saturated heterocycles. The average molecular weight is 330 g/mol. The summed E-state index contributed by atoms with van der Waals surface area (Å²) in [5.74, 6) is 1.58. The third-order valence-electron chi connectivity index (χ3n) is 4.88. The highest BCUT2D eigenvalue weighted by atomic mass is 16.6. The summed E-state index contributed by atoms with van der Waals surface area (Å²) in [7, 11) is 0. The molecule has 2 fully saturated rings. The fourth-order valence-corrected chi connectivity index (χ4v) is 3.35. The Balaban J connectivity index is 1.36. The molecular formula is C18H22N2O4. The number of carbonyl (C=O) groups is 2. The van der Waals surface area contributed by atoms with Crippen molar-refractivity contribution in [3.05, 3.63) is 23.8 Å². The van der Waals surface area contributed by atoms with Gasteiger partial charge in [0.05, 0.1) is 5.56 Å². The Bertz CT molecular complexity index is 648. The lowest BCUT2D eigenvalue weighted by molar-refractivity contribution is -0.133. The van der Waals surface area contributed by atoms with Crippen LogP contribution < -0.4 is 14.8 Å². The molecule has 0 unspecified atom stereocenters. The largest absolute Gasteiger partial charge is 0.486 e. The van der Waals surface area contributed by atoms with Crippen molar-refractivity contribution >= 4 is 11.8 Å². The van der Waals surface area contributed by atoms with Gasteiger partial charge in [0.1, 0.15) is 13.2 Å². The highest BCUT2D eigenvalue weighted by Crippen LogP contribution is 2.34. The predicted molar refractivity (Wildman–Crippen MR) is 87.2 cm³/mol. The van der Waals surface area contributed by atoms with Gasteiger partial charge in [0.2, 0.25) is 5.91 Å². The lowest BCUT2D eigenvalue weighted by Gasteiger charge is -2.32. The van der Waals surface area contributed by atoms with E-state index in [0.717, 1.165) is 38.8 Å². The van der Waals surface area contributed by atoms with Gasteiger partial charge < -0.3 is 19.7 Å². The molecule has 128 valence electrons. The van der Waals surface area contributed by atoms with E-state index >= 15 is 0 Å². The minimum atomic E-state index is -0.135. The highest BCUT2D eigenvalue weighted by molar-refractivity contribution is 5.98. The van der Waals surface area contributed by atoms with Crippen molar-refractivity contribution < 1.29 is 19.1 Å². The van der Waals surface area contributed by atoms with E-state index in [1.165, 1.54) is 0 Å². The normalized spacial score (nSPS) is 20.6. The Morgan fingerprint density at radius 3 is 2.54 bits per heavy atom. The molecule has 2 amide bonds. The first kappa shape index (κ1) is 15.3. The number of piperidine rings is 1. The van der Waals surface area contributed by atoms with Crippen LogP contribution in [0.15, 0.2) is 18.2 Å². The van der Waals surface area contributed by atoms with Crippen LogP contribution in [0.4, 0.5) is 0 Å². The zero-order valence-corrected chi connectivity index (χ0v) is 13.6. The lowest BCUT2D eigenvalue weighted by Crippen LogP contribution is -2.47. The molecule has 1 saturated carbocycles. The Labute approximate surface area is 141 Å². The van der Waals surface area contributed by atoms with E-state index in [0.29, 0.717) is 36.2 Å². The van der Waals surface area contributed by atoms with E-state index in [9.17, 15) is 9.59 Å². The van der Waals surface area contributed by atoms with Gasteiger partial charge in [0, 0.05) is 25.0 Å². The van der Waals surface area contributed by atoms with Gasteiger partial charge >= 0.3 is 0 Å². The Kier molecular flexibility index (Phi) is 4.04. The minimum Gasteiger partial charge on any atom is -0.486 e. The van der Waals surface area contributed by atoms with Gasteiger partial charge in [0.25, 0.3) is 5.91 Å². The molecule has 4 rings (SSSR count). The van der Waals surface area contributed by atoms with E-state index in [-0.39, 0.29) is 17.9 Å². The van der Waals surface area contributed by atoms with Crippen molar-refractivity contribution in [2.45, 2.75) is 31.7 Å². The molecule has 6 heteroatoms. The lowest BCUT2D eigenvalue weighted by atomic mass is 10.0. The maximum atomic E-state index is 12.6. The van der Waals surface area contributed by atoms with Crippen LogP contribution >= 0.6 is 0 Å². The Morgan fingerprint density at radius 1 is 1.04 bits per heavy atom. The topological polar surface area (TPSA) is 67.9 Å². The molecule has 0 spiro atoms. The molecule has 0 aromatic heterocycles. The number of rotatable bonds is 3.